The number of anilines is 1. The second-order valence-electron chi connectivity index (χ2n) is 9.96. The summed E-state index contributed by atoms with van der Waals surface area (Å²) in [5.74, 6) is 2.44. The lowest BCUT2D eigenvalue weighted by Gasteiger charge is -2.19. The van der Waals surface area contributed by atoms with E-state index in [4.69, 9.17) is 9.84 Å². The van der Waals surface area contributed by atoms with E-state index < -0.39 is 17.7 Å². The Labute approximate surface area is 239 Å². The van der Waals surface area contributed by atoms with Crippen LogP contribution in [0, 0.1) is 5.92 Å². The number of H-pyrrole nitrogens is 1. The van der Waals surface area contributed by atoms with Crippen molar-refractivity contribution in [3.8, 4) is 11.5 Å². The summed E-state index contributed by atoms with van der Waals surface area (Å²) in [6.45, 7) is 6.96. The van der Waals surface area contributed by atoms with Gasteiger partial charge in [-0.05, 0) is 72.2 Å². The molecule has 42 heavy (non-hydrogen) atoms. The molecule has 3 N–H and O–H groups in total. The van der Waals surface area contributed by atoms with E-state index in [0.717, 1.165) is 36.0 Å². The van der Waals surface area contributed by atoms with Gasteiger partial charge in [-0.15, -0.1) is 0 Å². The number of carbonyl (C=O) groups is 2. The number of ether oxygens (including phenoxy) is 1. The van der Waals surface area contributed by atoms with Crippen molar-refractivity contribution < 1.29 is 32.6 Å². The average molecular weight is 579 g/mol. The van der Waals surface area contributed by atoms with E-state index in [1.54, 1.807) is 12.3 Å². The number of imidazole rings is 1. The van der Waals surface area contributed by atoms with E-state index in [1.807, 2.05) is 19.9 Å². The zero-order chi connectivity index (χ0) is 30.2. The van der Waals surface area contributed by atoms with E-state index in [0.29, 0.717) is 47.1 Å². The molecule has 3 atom stereocenters. The molecule has 3 heterocycles. The Kier molecular flexibility index (Phi) is 7.77. The number of carboxylic acids is 1. The van der Waals surface area contributed by atoms with Crippen LogP contribution in [0.4, 0.5) is 19.0 Å². The number of amides is 1. The number of nitrogens with zero attached hydrogens (tertiary/aromatic N) is 2. The SMILES string of the molecule is C=CC(=O)O.CC.O=C1CCc2c(Oc3ccc4c(c3)[C@@H]3[C@H](C4)[C@H]3c3nc4ccc(C(F)(F)F)cc4[nH]3)ccnc2N1. The second kappa shape index (κ2) is 11.3. The number of aromatic amines is 1. The van der Waals surface area contributed by atoms with Crippen molar-refractivity contribution in [1.82, 2.24) is 15.0 Å². The van der Waals surface area contributed by atoms with Gasteiger partial charge in [0, 0.05) is 30.2 Å². The van der Waals surface area contributed by atoms with Crippen molar-refractivity contribution in [1.29, 1.82) is 0 Å². The Morgan fingerprint density at radius 1 is 1.12 bits per heavy atom. The summed E-state index contributed by atoms with van der Waals surface area (Å²) < 4.78 is 45.5. The summed E-state index contributed by atoms with van der Waals surface area (Å²) in [6, 6.07) is 11.5. The summed E-state index contributed by atoms with van der Waals surface area (Å²) in [7, 11) is 0. The minimum atomic E-state index is -4.38. The number of carboxylic acid groups (broad SMARTS) is 1. The highest BCUT2D eigenvalue weighted by molar-refractivity contribution is 5.93. The van der Waals surface area contributed by atoms with Crippen LogP contribution in [0.1, 0.15) is 60.2 Å². The number of fused-ring (bicyclic) bond motifs is 5. The van der Waals surface area contributed by atoms with E-state index >= 15 is 0 Å². The predicted octanol–water partition coefficient (Wildman–Crippen LogP) is 6.99. The predicted molar refractivity (Wildman–Crippen MR) is 151 cm³/mol. The maximum atomic E-state index is 13.1. The molecule has 4 aromatic rings. The summed E-state index contributed by atoms with van der Waals surface area (Å²) in [6.07, 6.45) is -0.0559. The topological polar surface area (TPSA) is 117 Å². The standard InChI is InChI=1S/C26H19F3N4O2.C3H4O2.C2H6/c27-26(28,29)13-2-5-18-19(10-13)32-25(31-18)23-17-9-12-1-3-14(11-16(12)22(17)23)35-20-7-8-30-24-15(20)4-6-21(34)33-24;1-2-3(4)5;1-2/h1-3,5,7-8,10-11,17,22-23H,4,6,9H2,(H,31,32)(H,30,33,34);2H,1H2,(H,4,5);1-2H3/t17-,22+,23+;;/m0../s1. The Balaban J connectivity index is 0.000000459. The van der Waals surface area contributed by atoms with Crippen LogP contribution in [0.3, 0.4) is 0 Å². The summed E-state index contributed by atoms with van der Waals surface area (Å²) >= 11 is 0. The highest BCUT2D eigenvalue weighted by atomic mass is 19.4. The van der Waals surface area contributed by atoms with Crippen molar-refractivity contribution in [2.75, 3.05) is 5.32 Å². The molecule has 3 aliphatic rings. The molecule has 2 aliphatic carbocycles. The van der Waals surface area contributed by atoms with Crippen molar-refractivity contribution in [3.63, 3.8) is 0 Å². The van der Waals surface area contributed by atoms with Crippen LogP contribution in [0.5, 0.6) is 11.5 Å². The summed E-state index contributed by atoms with van der Waals surface area (Å²) in [5, 5.41) is 10.4. The monoisotopic (exact) mass is 578 g/mol. The number of benzene rings is 2. The zero-order valence-electron chi connectivity index (χ0n) is 23.0. The molecule has 218 valence electrons. The fraction of sp³-hybridized carbons (Fsp3) is 0.290. The average Bonchev–Trinajstić information content (AvgIpc) is 3.31. The molecule has 1 fully saturated rings. The Morgan fingerprint density at radius 3 is 2.60 bits per heavy atom. The first kappa shape index (κ1) is 28.8. The molecule has 8 nitrogen and oxygen atoms in total. The number of carbonyl (C=O) groups excluding carboxylic acids is 1. The van der Waals surface area contributed by atoms with Gasteiger partial charge in [0.25, 0.3) is 0 Å². The molecule has 0 spiro atoms. The van der Waals surface area contributed by atoms with Gasteiger partial charge in [-0.1, -0.05) is 26.5 Å². The maximum absolute atomic E-state index is 13.1. The van der Waals surface area contributed by atoms with Crippen LogP contribution < -0.4 is 10.1 Å². The maximum Gasteiger partial charge on any atom is 0.416 e. The lowest BCUT2D eigenvalue weighted by Crippen LogP contribution is -2.20. The number of nitrogens with one attached hydrogen (secondary N) is 2. The lowest BCUT2D eigenvalue weighted by molar-refractivity contribution is -0.137. The Hall–Kier alpha value is -4.67. The third-order valence-corrected chi connectivity index (χ3v) is 7.52. The molecule has 2 aromatic heterocycles. The first-order chi connectivity index (χ1) is 20.1. The van der Waals surface area contributed by atoms with Crippen LogP contribution >= 0.6 is 0 Å². The van der Waals surface area contributed by atoms with Crippen LogP contribution in [0.25, 0.3) is 11.0 Å². The second-order valence-corrected chi connectivity index (χ2v) is 9.96. The van der Waals surface area contributed by atoms with E-state index in [9.17, 15) is 22.8 Å². The van der Waals surface area contributed by atoms with Gasteiger partial charge in [-0.3, -0.25) is 4.79 Å². The minimum Gasteiger partial charge on any atom is -0.478 e. The van der Waals surface area contributed by atoms with Gasteiger partial charge in [0.1, 0.15) is 23.1 Å². The van der Waals surface area contributed by atoms with Crippen LogP contribution in [-0.2, 0) is 28.6 Å². The fourth-order valence-corrected chi connectivity index (χ4v) is 5.65. The van der Waals surface area contributed by atoms with Gasteiger partial charge in [0.05, 0.1) is 16.6 Å². The molecule has 7 rings (SSSR count). The first-order valence-corrected chi connectivity index (χ1v) is 13.6. The van der Waals surface area contributed by atoms with Crippen LogP contribution in [0.2, 0.25) is 0 Å². The number of aromatic nitrogens is 3. The van der Waals surface area contributed by atoms with Gasteiger partial charge in [0.2, 0.25) is 5.91 Å². The van der Waals surface area contributed by atoms with E-state index in [-0.39, 0.29) is 17.7 Å². The minimum absolute atomic E-state index is 0.0503. The number of rotatable bonds is 4. The van der Waals surface area contributed by atoms with Crippen molar-refractivity contribution >= 4 is 28.7 Å². The number of aliphatic carboxylic acids is 1. The number of hydrogen-bond donors (Lipinski definition) is 3. The molecule has 1 aliphatic heterocycles. The molecule has 0 bridgehead atoms. The molecule has 2 aromatic carbocycles. The van der Waals surface area contributed by atoms with E-state index in [1.165, 1.54) is 17.2 Å². The smallest absolute Gasteiger partial charge is 0.416 e. The largest absolute Gasteiger partial charge is 0.478 e. The summed E-state index contributed by atoms with van der Waals surface area (Å²) in [5.41, 5.74) is 3.63. The van der Waals surface area contributed by atoms with Gasteiger partial charge in [0.15, 0.2) is 0 Å². The quantitative estimate of drug-likeness (QED) is 0.225. The molecule has 1 saturated carbocycles. The van der Waals surface area contributed by atoms with Gasteiger partial charge >= 0.3 is 12.1 Å². The molecular weight excluding hydrogens is 549 g/mol. The molecule has 0 saturated heterocycles. The van der Waals surface area contributed by atoms with Gasteiger partial charge in [-0.25, -0.2) is 14.8 Å². The van der Waals surface area contributed by atoms with Crippen molar-refractivity contribution in [3.05, 3.63) is 89.4 Å². The fourth-order valence-electron chi connectivity index (χ4n) is 5.65. The molecule has 0 radical (unpaired) electrons. The van der Waals surface area contributed by atoms with Crippen molar-refractivity contribution in [2.24, 2.45) is 5.92 Å². The lowest BCUT2D eigenvalue weighted by atomic mass is 10.0. The third kappa shape index (κ3) is 5.59. The zero-order valence-corrected chi connectivity index (χ0v) is 23.0. The number of halogens is 3. The van der Waals surface area contributed by atoms with Crippen LogP contribution in [-0.4, -0.2) is 31.9 Å². The number of alkyl halides is 3. The molecular formula is C31H29F3N4O4. The first-order valence-electron chi connectivity index (χ1n) is 13.6. The third-order valence-electron chi connectivity index (χ3n) is 7.52. The highest BCUT2D eigenvalue weighted by Gasteiger charge is 2.57. The molecule has 0 unspecified atom stereocenters. The number of hydrogen-bond acceptors (Lipinski definition) is 5. The van der Waals surface area contributed by atoms with Gasteiger partial charge < -0.3 is 20.1 Å². The highest BCUT2D eigenvalue weighted by Crippen LogP contribution is 2.66. The van der Waals surface area contributed by atoms with Gasteiger partial charge in [-0.2, -0.15) is 13.2 Å². The normalized spacial score (nSPS) is 19.5. The Bertz CT molecular complexity index is 1680. The number of pyridine rings is 1. The van der Waals surface area contributed by atoms with Crippen LogP contribution in [0.15, 0.2) is 61.3 Å². The summed E-state index contributed by atoms with van der Waals surface area (Å²) in [4.78, 5) is 32.9. The van der Waals surface area contributed by atoms with E-state index in [2.05, 4.69) is 39.0 Å². The molecule has 1 amide bonds. The van der Waals surface area contributed by atoms with Crippen molar-refractivity contribution in [2.45, 2.75) is 51.1 Å². The molecule has 11 heteroatoms. The Morgan fingerprint density at radius 2 is 1.88 bits per heavy atom.